The molecule has 2 amide bonds. The highest BCUT2D eigenvalue weighted by Crippen LogP contribution is 2.23. The molecule has 1 heterocycles. The fourth-order valence-electron chi connectivity index (χ4n) is 2.86. The van der Waals surface area contributed by atoms with E-state index in [2.05, 4.69) is 34.6 Å². The Morgan fingerprint density at radius 2 is 1.79 bits per heavy atom. The van der Waals surface area contributed by atoms with Gasteiger partial charge in [-0.25, -0.2) is 9.67 Å². The molecule has 0 atom stereocenters. The first-order valence-corrected chi connectivity index (χ1v) is 9.59. The molecule has 0 spiro atoms. The van der Waals surface area contributed by atoms with Gasteiger partial charge in [0.1, 0.15) is 5.82 Å². The van der Waals surface area contributed by atoms with E-state index in [0.717, 1.165) is 11.3 Å². The van der Waals surface area contributed by atoms with Crippen LogP contribution >= 0.6 is 11.6 Å². The number of aromatic nitrogens is 3. The van der Waals surface area contributed by atoms with Crippen molar-refractivity contribution in [1.29, 1.82) is 0 Å². The van der Waals surface area contributed by atoms with E-state index < -0.39 is 5.91 Å². The molecule has 3 rings (SSSR count). The van der Waals surface area contributed by atoms with Gasteiger partial charge < -0.3 is 10.6 Å². The van der Waals surface area contributed by atoms with E-state index in [1.807, 2.05) is 24.3 Å². The van der Waals surface area contributed by atoms with Gasteiger partial charge in [0.15, 0.2) is 0 Å². The molecule has 0 bridgehead atoms. The van der Waals surface area contributed by atoms with E-state index in [-0.39, 0.29) is 18.3 Å². The molecule has 0 radical (unpaired) electrons. The maximum absolute atomic E-state index is 12.4. The molecule has 1 aromatic heterocycles. The summed E-state index contributed by atoms with van der Waals surface area (Å²) < 4.78 is 1.65. The number of hydrogen-bond acceptors (Lipinski definition) is 4. The smallest absolute Gasteiger partial charge is 0.291 e. The molecule has 0 unspecified atom stereocenters. The first-order chi connectivity index (χ1) is 13.8. The van der Waals surface area contributed by atoms with Crippen LogP contribution in [0.3, 0.4) is 0 Å². The Kier molecular flexibility index (Phi) is 6.29. The van der Waals surface area contributed by atoms with Crippen molar-refractivity contribution >= 4 is 29.1 Å². The molecule has 0 fully saturated rings. The van der Waals surface area contributed by atoms with E-state index in [4.69, 9.17) is 11.6 Å². The van der Waals surface area contributed by atoms with Gasteiger partial charge in [-0.05, 0) is 48.7 Å². The maximum atomic E-state index is 12.4. The highest BCUT2D eigenvalue weighted by Gasteiger charge is 2.18. The van der Waals surface area contributed by atoms with E-state index in [0.29, 0.717) is 22.5 Å². The van der Waals surface area contributed by atoms with E-state index >= 15 is 0 Å². The Morgan fingerprint density at radius 3 is 2.48 bits per heavy atom. The molecule has 150 valence electrons. The van der Waals surface area contributed by atoms with Gasteiger partial charge in [-0.2, -0.15) is 0 Å². The SMILES string of the molecule is Cc1nc(C(=O)NCC(=O)Nc2ccc(Cl)cc2)nn1-c1ccccc1C(C)C. The summed E-state index contributed by atoms with van der Waals surface area (Å²) in [5, 5.41) is 10.1. The number of anilines is 1. The second-order valence-electron chi connectivity index (χ2n) is 6.85. The Balaban J connectivity index is 1.67. The van der Waals surface area contributed by atoms with Crippen molar-refractivity contribution in [3.05, 3.63) is 70.8 Å². The lowest BCUT2D eigenvalue weighted by Gasteiger charge is -2.12. The number of nitrogens with one attached hydrogen (secondary N) is 2. The summed E-state index contributed by atoms with van der Waals surface area (Å²) in [6, 6.07) is 14.6. The molecule has 29 heavy (non-hydrogen) atoms. The van der Waals surface area contributed by atoms with Crippen molar-refractivity contribution in [2.45, 2.75) is 26.7 Å². The van der Waals surface area contributed by atoms with Crippen LogP contribution in [-0.4, -0.2) is 33.1 Å². The minimum absolute atomic E-state index is 0.0142. The summed E-state index contributed by atoms with van der Waals surface area (Å²) in [5.41, 5.74) is 2.58. The fourth-order valence-corrected chi connectivity index (χ4v) is 2.99. The van der Waals surface area contributed by atoms with Crippen molar-refractivity contribution < 1.29 is 9.59 Å². The number of amides is 2. The van der Waals surface area contributed by atoms with Gasteiger partial charge in [-0.1, -0.05) is 43.6 Å². The van der Waals surface area contributed by atoms with Crippen LogP contribution in [0.5, 0.6) is 0 Å². The number of carbonyl (C=O) groups excluding carboxylic acids is 2. The largest absolute Gasteiger partial charge is 0.340 e. The Bertz CT molecular complexity index is 1030. The van der Waals surface area contributed by atoms with E-state index in [1.54, 1.807) is 35.9 Å². The van der Waals surface area contributed by atoms with Crippen molar-refractivity contribution in [2.24, 2.45) is 0 Å². The number of carbonyl (C=O) groups is 2. The van der Waals surface area contributed by atoms with Crippen molar-refractivity contribution in [3.8, 4) is 5.69 Å². The zero-order chi connectivity index (χ0) is 21.0. The molecule has 0 aliphatic carbocycles. The van der Waals surface area contributed by atoms with E-state index in [9.17, 15) is 9.59 Å². The summed E-state index contributed by atoms with van der Waals surface area (Å²) in [4.78, 5) is 28.7. The van der Waals surface area contributed by atoms with Gasteiger partial charge >= 0.3 is 0 Å². The minimum atomic E-state index is -0.514. The number of para-hydroxylation sites is 1. The van der Waals surface area contributed by atoms with Gasteiger partial charge in [0.2, 0.25) is 11.7 Å². The lowest BCUT2D eigenvalue weighted by molar-refractivity contribution is -0.115. The minimum Gasteiger partial charge on any atom is -0.340 e. The lowest BCUT2D eigenvalue weighted by Crippen LogP contribution is -2.33. The van der Waals surface area contributed by atoms with Gasteiger partial charge in [0.05, 0.1) is 12.2 Å². The zero-order valence-electron chi connectivity index (χ0n) is 16.4. The predicted octanol–water partition coefficient (Wildman–Crippen LogP) is 3.72. The topological polar surface area (TPSA) is 88.9 Å². The van der Waals surface area contributed by atoms with Crippen LogP contribution in [0.15, 0.2) is 48.5 Å². The quantitative estimate of drug-likeness (QED) is 0.647. The van der Waals surface area contributed by atoms with Crippen LogP contribution in [-0.2, 0) is 4.79 Å². The second kappa shape index (κ2) is 8.87. The molecule has 3 aromatic rings. The third-order valence-electron chi connectivity index (χ3n) is 4.30. The number of hydrogen-bond donors (Lipinski definition) is 2. The molecule has 0 saturated heterocycles. The van der Waals surface area contributed by atoms with Gasteiger partial charge in [-0.15, -0.1) is 5.10 Å². The van der Waals surface area contributed by atoms with Crippen LogP contribution in [0.25, 0.3) is 5.69 Å². The zero-order valence-corrected chi connectivity index (χ0v) is 17.2. The average Bonchev–Trinajstić information content (AvgIpc) is 3.09. The summed E-state index contributed by atoms with van der Waals surface area (Å²) in [5.74, 6) is 0.0278. The standard InChI is InChI=1S/C21H22ClN5O2/c1-13(2)17-6-4-5-7-18(17)27-14(3)24-20(26-27)21(29)23-12-19(28)25-16-10-8-15(22)9-11-16/h4-11,13H,12H2,1-3H3,(H,23,29)(H,25,28). The summed E-state index contributed by atoms with van der Waals surface area (Å²) in [6.07, 6.45) is 0. The van der Waals surface area contributed by atoms with Gasteiger partial charge in [0.25, 0.3) is 5.91 Å². The molecule has 8 heteroatoms. The molecule has 0 aliphatic rings. The Labute approximate surface area is 174 Å². The highest BCUT2D eigenvalue weighted by molar-refractivity contribution is 6.30. The van der Waals surface area contributed by atoms with Crippen LogP contribution in [0.1, 0.15) is 41.8 Å². The van der Waals surface area contributed by atoms with Crippen LogP contribution in [0, 0.1) is 6.92 Å². The van der Waals surface area contributed by atoms with Crippen LogP contribution in [0.2, 0.25) is 5.02 Å². The number of halogens is 1. The molecular formula is C21H22ClN5O2. The monoisotopic (exact) mass is 411 g/mol. The van der Waals surface area contributed by atoms with Gasteiger partial charge in [-0.3, -0.25) is 9.59 Å². The van der Waals surface area contributed by atoms with Crippen molar-refractivity contribution in [2.75, 3.05) is 11.9 Å². The van der Waals surface area contributed by atoms with Crippen LogP contribution < -0.4 is 10.6 Å². The van der Waals surface area contributed by atoms with Gasteiger partial charge in [0, 0.05) is 10.7 Å². The molecular weight excluding hydrogens is 390 g/mol. The molecule has 2 N–H and O–H groups in total. The lowest BCUT2D eigenvalue weighted by atomic mass is 10.0. The number of benzene rings is 2. The number of rotatable bonds is 6. The molecule has 0 aliphatic heterocycles. The van der Waals surface area contributed by atoms with Crippen molar-refractivity contribution in [3.63, 3.8) is 0 Å². The molecule has 2 aromatic carbocycles. The third kappa shape index (κ3) is 5.00. The Hall–Kier alpha value is -3.19. The Morgan fingerprint density at radius 1 is 1.10 bits per heavy atom. The average molecular weight is 412 g/mol. The first-order valence-electron chi connectivity index (χ1n) is 9.21. The van der Waals surface area contributed by atoms with E-state index in [1.165, 1.54) is 0 Å². The van der Waals surface area contributed by atoms with Crippen molar-refractivity contribution in [1.82, 2.24) is 20.1 Å². The summed E-state index contributed by atoms with van der Waals surface area (Å²) >= 11 is 5.82. The second-order valence-corrected chi connectivity index (χ2v) is 7.28. The fraction of sp³-hybridized carbons (Fsp3) is 0.238. The first kappa shape index (κ1) is 20.5. The van der Waals surface area contributed by atoms with Crippen LogP contribution in [0.4, 0.5) is 5.69 Å². The third-order valence-corrected chi connectivity index (χ3v) is 4.55. The maximum Gasteiger partial charge on any atom is 0.291 e. The number of aryl methyl sites for hydroxylation is 1. The highest BCUT2D eigenvalue weighted by atomic mass is 35.5. The number of nitrogens with zero attached hydrogens (tertiary/aromatic N) is 3. The molecule has 0 saturated carbocycles. The summed E-state index contributed by atoms with van der Waals surface area (Å²) in [6.45, 7) is 5.78. The summed E-state index contributed by atoms with van der Waals surface area (Å²) in [7, 11) is 0. The predicted molar refractivity (Wildman–Crippen MR) is 113 cm³/mol. The molecule has 7 nitrogen and oxygen atoms in total. The normalized spacial score (nSPS) is 10.8.